The highest BCUT2D eigenvalue weighted by Gasteiger charge is 2.33. The van der Waals surface area contributed by atoms with E-state index in [1.54, 1.807) is 13.0 Å². The van der Waals surface area contributed by atoms with Gasteiger partial charge >= 0.3 is 6.18 Å². The van der Waals surface area contributed by atoms with Crippen molar-refractivity contribution in [3.05, 3.63) is 63.6 Å². The summed E-state index contributed by atoms with van der Waals surface area (Å²) >= 11 is 12.1. The lowest BCUT2D eigenvalue weighted by Crippen LogP contribution is -2.52. The van der Waals surface area contributed by atoms with Crippen LogP contribution in [0.25, 0.3) is 0 Å². The van der Waals surface area contributed by atoms with E-state index in [4.69, 9.17) is 23.2 Å². The smallest absolute Gasteiger partial charge is 0.352 e. The number of alkyl halides is 3. The lowest BCUT2D eigenvalue weighted by atomic mass is 10.1. The number of hydrogen-bond acceptors (Lipinski definition) is 4. The van der Waals surface area contributed by atoms with Crippen LogP contribution >= 0.6 is 23.2 Å². The number of hydrogen-bond donors (Lipinski definition) is 1. The molecule has 2 rings (SSSR count). The lowest BCUT2D eigenvalue weighted by molar-refractivity contribution is -0.139. The number of halogens is 5. The summed E-state index contributed by atoms with van der Waals surface area (Å²) in [5.41, 5.74) is -0.896. The molecular formula is C24H28Cl2F3N3O4S. The number of carbonyl (C=O) groups excluding carboxylic acids is 2. The quantitative estimate of drug-likeness (QED) is 0.422. The SMILES string of the molecule is CCC(C)NC(=O)C(C)N(Cc1ccc(Cl)c(Cl)c1)C(=O)CN(c1cccc(C(F)(F)F)c1)S(C)(=O)=O. The van der Waals surface area contributed by atoms with Crippen molar-refractivity contribution in [1.29, 1.82) is 0 Å². The average Bonchev–Trinajstić information content (AvgIpc) is 2.81. The molecule has 2 atom stereocenters. The Morgan fingerprint density at radius 3 is 2.24 bits per heavy atom. The molecule has 13 heteroatoms. The molecule has 7 nitrogen and oxygen atoms in total. The van der Waals surface area contributed by atoms with E-state index in [0.717, 1.165) is 29.4 Å². The molecule has 2 aromatic carbocycles. The Hall–Kier alpha value is -2.50. The number of carbonyl (C=O) groups is 2. The van der Waals surface area contributed by atoms with Gasteiger partial charge in [-0.15, -0.1) is 0 Å². The molecule has 37 heavy (non-hydrogen) atoms. The van der Waals surface area contributed by atoms with Crippen LogP contribution in [0.15, 0.2) is 42.5 Å². The molecule has 0 saturated heterocycles. The largest absolute Gasteiger partial charge is 0.416 e. The van der Waals surface area contributed by atoms with Crippen LogP contribution in [0, 0.1) is 0 Å². The van der Waals surface area contributed by atoms with Crippen LogP contribution in [0.4, 0.5) is 18.9 Å². The summed E-state index contributed by atoms with van der Waals surface area (Å²) in [5.74, 6) is -1.28. The monoisotopic (exact) mass is 581 g/mol. The Morgan fingerprint density at radius 2 is 1.70 bits per heavy atom. The van der Waals surface area contributed by atoms with E-state index in [1.165, 1.54) is 19.1 Å². The van der Waals surface area contributed by atoms with Crippen molar-refractivity contribution < 1.29 is 31.2 Å². The first-order valence-electron chi connectivity index (χ1n) is 11.2. The van der Waals surface area contributed by atoms with Crippen LogP contribution in [0.3, 0.4) is 0 Å². The van der Waals surface area contributed by atoms with Crippen molar-refractivity contribution in [3.8, 4) is 0 Å². The van der Waals surface area contributed by atoms with Crippen molar-refractivity contribution in [2.75, 3.05) is 17.1 Å². The Morgan fingerprint density at radius 1 is 1.05 bits per heavy atom. The van der Waals surface area contributed by atoms with Gasteiger partial charge in [0.25, 0.3) is 0 Å². The van der Waals surface area contributed by atoms with Gasteiger partial charge in [-0.05, 0) is 56.2 Å². The van der Waals surface area contributed by atoms with Gasteiger partial charge in [-0.3, -0.25) is 13.9 Å². The lowest BCUT2D eigenvalue weighted by Gasteiger charge is -2.32. The summed E-state index contributed by atoms with van der Waals surface area (Å²) in [7, 11) is -4.18. The summed E-state index contributed by atoms with van der Waals surface area (Å²) < 4.78 is 65.4. The standard InChI is InChI=1S/C24H28Cl2F3N3O4S/c1-5-15(2)30-23(34)16(3)31(13-17-9-10-20(25)21(26)11-17)22(33)14-32(37(4,35)36)19-8-6-7-18(12-19)24(27,28)29/h6-12,15-16H,5,13-14H2,1-4H3,(H,30,34). The second-order valence-corrected chi connectivity index (χ2v) is 11.3. The molecule has 0 radical (unpaired) electrons. The molecule has 0 saturated carbocycles. The molecule has 0 aliphatic heterocycles. The zero-order valence-electron chi connectivity index (χ0n) is 20.6. The molecule has 0 bridgehead atoms. The number of amides is 2. The summed E-state index contributed by atoms with van der Waals surface area (Å²) in [6.45, 7) is 4.16. The van der Waals surface area contributed by atoms with Gasteiger partial charge in [0.05, 0.1) is 27.6 Å². The highest BCUT2D eigenvalue weighted by atomic mass is 35.5. The zero-order valence-corrected chi connectivity index (χ0v) is 23.0. The highest BCUT2D eigenvalue weighted by Crippen LogP contribution is 2.32. The Bertz CT molecular complexity index is 1240. The highest BCUT2D eigenvalue weighted by molar-refractivity contribution is 7.92. The van der Waals surface area contributed by atoms with Gasteiger partial charge in [0, 0.05) is 12.6 Å². The van der Waals surface area contributed by atoms with E-state index in [1.807, 2.05) is 6.92 Å². The van der Waals surface area contributed by atoms with E-state index in [2.05, 4.69) is 5.32 Å². The van der Waals surface area contributed by atoms with E-state index >= 15 is 0 Å². The number of rotatable bonds is 10. The molecule has 0 spiro atoms. The van der Waals surface area contributed by atoms with Gasteiger partial charge in [-0.2, -0.15) is 13.2 Å². The molecular weight excluding hydrogens is 554 g/mol. The fourth-order valence-corrected chi connectivity index (χ4v) is 4.50. The minimum Gasteiger partial charge on any atom is -0.352 e. The first-order valence-corrected chi connectivity index (χ1v) is 13.8. The number of sulfonamides is 1. The second-order valence-electron chi connectivity index (χ2n) is 8.58. The Labute approximate surface area is 224 Å². The first kappa shape index (κ1) is 30.7. The summed E-state index contributed by atoms with van der Waals surface area (Å²) in [6.07, 6.45) is -3.30. The number of nitrogens with zero attached hydrogens (tertiary/aromatic N) is 2. The molecule has 0 aliphatic carbocycles. The predicted molar refractivity (Wildman–Crippen MR) is 138 cm³/mol. The molecule has 2 aromatic rings. The van der Waals surface area contributed by atoms with Crippen LogP contribution < -0.4 is 9.62 Å². The number of anilines is 1. The van der Waals surface area contributed by atoms with Crippen LogP contribution in [0.2, 0.25) is 10.0 Å². The van der Waals surface area contributed by atoms with Gasteiger partial charge in [0.15, 0.2) is 0 Å². The first-order chi connectivity index (χ1) is 17.0. The fourth-order valence-electron chi connectivity index (χ4n) is 3.33. The normalized spacial score (nSPS) is 13.5. The summed E-state index contributed by atoms with van der Waals surface area (Å²) in [5, 5.41) is 3.26. The Balaban J connectivity index is 2.46. The molecule has 0 aliphatic rings. The molecule has 2 amide bonds. The van der Waals surface area contributed by atoms with Crippen molar-refractivity contribution in [2.24, 2.45) is 0 Å². The number of nitrogens with one attached hydrogen (secondary N) is 1. The van der Waals surface area contributed by atoms with Crippen molar-refractivity contribution in [3.63, 3.8) is 0 Å². The minimum atomic E-state index is -4.72. The maximum Gasteiger partial charge on any atom is 0.416 e. The third-order valence-electron chi connectivity index (χ3n) is 5.65. The van der Waals surface area contributed by atoms with Gasteiger partial charge in [-0.25, -0.2) is 8.42 Å². The van der Waals surface area contributed by atoms with Gasteiger partial charge < -0.3 is 10.2 Å². The third-order valence-corrected chi connectivity index (χ3v) is 7.53. The van der Waals surface area contributed by atoms with Gasteiger partial charge in [0.1, 0.15) is 12.6 Å². The van der Waals surface area contributed by atoms with Crippen LogP contribution in [0.1, 0.15) is 38.3 Å². The van der Waals surface area contributed by atoms with Gasteiger partial charge in [-0.1, -0.05) is 42.3 Å². The van der Waals surface area contributed by atoms with Gasteiger partial charge in [0.2, 0.25) is 21.8 Å². The molecule has 204 valence electrons. The average molecular weight is 582 g/mol. The second kappa shape index (κ2) is 12.4. The van der Waals surface area contributed by atoms with E-state index in [9.17, 15) is 31.2 Å². The molecule has 0 aromatic heterocycles. The molecule has 1 N–H and O–H groups in total. The van der Waals surface area contributed by atoms with E-state index in [0.29, 0.717) is 22.4 Å². The van der Waals surface area contributed by atoms with Crippen molar-refractivity contribution >= 4 is 50.7 Å². The maximum absolute atomic E-state index is 13.5. The molecule has 2 unspecified atom stereocenters. The maximum atomic E-state index is 13.5. The fraction of sp³-hybridized carbons (Fsp3) is 0.417. The molecule has 0 fully saturated rings. The zero-order chi connectivity index (χ0) is 28.1. The minimum absolute atomic E-state index is 0.134. The van der Waals surface area contributed by atoms with Crippen molar-refractivity contribution in [2.45, 2.75) is 52.0 Å². The van der Waals surface area contributed by atoms with Crippen LogP contribution in [-0.2, 0) is 32.3 Å². The van der Waals surface area contributed by atoms with E-state index in [-0.39, 0.29) is 28.3 Å². The molecule has 0 heterocycles. The summed E-state index contributed by atoms with van der Waals surface area (Å²) in [6, 6.07) is 7.04. The Kier molecular flexibility index (Phi) is 10.3. The summed E-state index contributed by atoms with van der Waals surface area (Å²) in [4.78, 5) is 27.5. The number of benzene rings is 2. The van der Waals surface area contributed by atoms with Crippen LogP contribution in [-0.4, -0.2) is 50.0 Å². The van der Waals surface area contributed by atoms with Crippen molar-refractivity contribution in [1.82, 2.24) is 10.2 Å². The van der Waals surface area contributed by atoms with Crippen LogP contribution in [0.5, 0.6) is 0 Å². The topological polar surface area (TPSA) is 86.8 Å². The third kappa shape index (κ3) is 8.51. The van der Waals surface area contributed by atoms with E-state index < -0.39 is 46.2 Å². The predicted octanol–water partition coefficient (Wildman–Crippen LogP) is 5.11.